The third kappa shape index (κ3) is 3.93. The van der Waals surface area contributed by atoms with Gasteiger partial charge in [0, 0.05) is 17.4 Å². The zero-order valence-electron chi connectivity index (χ0n) is 16.6. The molecule has 26 heavy (non-hydrogen) atoms. The molecule has 3 heteroatoms. The van der Waals surface area contributed by atoms with Gasteiger partial charge in [-0.05, 0) is 47.9 Å². The summed E-state index contributed by atoms with van der Waals surface area (Å²) in [5.41, 5.74) is 3.23. The van der Waals surface area contributed by atoms with E-state index in [1.54, 1.807) is 0 Å². The van der Waals surface area contributed by atoms with E-state index in [4.69, 9.17) is 4.74 Å². The predicted molar refractivity (Wildman–Crippen MR) is 106 cm³/mol. The Hall–Kier alpha value is -1.48. The van der Waals surface area contributed by atoms with Crippen LogP contribution in [0.5, 0.6) is 11.5 Å². The van der Waals surface area contributed by atoms with Crippen LogP contribution < -0.4 is 4.74 Å². The molecule has 1 aromatic rings. The molecule has 0 bridgehead atoms. The van der Waals surface area contributed by atoms with Gasteiger partial charge in [0.25, 0.3) is 0 Å². The van der Waals surface area contributed by atoms with Gasteiger partial charge < -0.3 is 14.9 Å². The lowest BCUT2D eigenvalue weighted by atomic mass is 9.72. The van der Waals surface area contributed by atoms with Crippen LogP contribution in [-0.2, 0) is 5.41 Å². The molecule has 0 aromatic heterocycles. The largest absolute Gasteiger partial charge is 0.508 e. The maximum absolute atomic E-state index is 10.8. The SMILES string of the molecule is CCCCCCC(C)(C)c1cc(O)c2c(c1)OC[C@H]1CC=C(CO)C[C@H]21. The lowest BCUT2D eigenvalue weighted by Crippen LogP contribution is -2.29. The molecule has 0 saturated carbocycles. The molecule has 0 saturated heterocycles. The summed E-state index contributed by atoms with van der Waals surface area (Å²) in [5, 5.41) is 20.4. The number of phenolic OH excluding ortho intramolecular Hbond substituents is 1. The standard InChI is InChI=1S/C23H34O3/c1-4-5-6-7-10-23(2,3)18-12-20(25)22-19-11-16(14-24)8-9-17(19)15-26-21(22)13-18/h8,12-13,17,19,24-25H,4-7,9-11,14-15H2,1-3H3/t17-,19+/m1/s1. The van der Waals surface area contributed by atoms with Crippen molar-refractivity contribution >= 4 is 0 Å². The summed E-state index contributed by atoms with van der Waals surface area (Å²) in [7, 11) is 0. The van der Waals surface area contributed by atoms with Crippen LogP contribution in [-0.4, -0.2) is 23.4 Å². The van der Waals surface area contributed by atoms with Crippen molar-refractivity contribution in [1.82, 2.24) is 0 Å². The van der Waals surface area contributed by atoms with Crippen LogP contribution in [0.25, 0.3) is 0 Å². The number of allylic oxidation sites excluding steroid dienone is 1. The zero-order chi connectivity index (χ0) is 18.7. The number of rotatable bonds is 7. The minimum atomic E-state index is 0.0309. The second kappa shape index (κ2) is 8.04. The fraction of sp³-hybridized carbons (Fsp3) is 0.652. The van der Waals surface area contributed by atoms with Gasteiger partial charge in [-0.3, -0.25) is 0 Å². The summed E-state index contributed by atoms with van der Waals surface area (Å²) in [5.74, 6) is 1.87. The molecule has 1 aromatic carbocycles. The maximum atomic E-state index is 10.8. The highest BCUT2D eigenvalue weighted by Crippen LogP contribution is 2.50. The van der Waals surface area contributed by atoms with Gasteiger partial charge in [0.15, 0.2) is 0 Å². The van der Waals surface area contributed by atoms with Crippen LogP contribution >= 0.6 is 0 Å². The number of aliphatic hydroxyl groups excluding tert-OH is 1. The summed E-state index contributed by atoms with van der Waals surface area (Å²) in [4.78, 5) is 0. The minimum Gasteiger partial charge on any atom is -0.508 e. The second-order valence-corrected chi connectivity index (χ2v) is 8.74. The van der Waals surface area contributed by atoms with Crippen molar-refractivity contribution in [3.8, 4) is 11.5 Å². The Morgan fingerprint density at radius 1 is 1.19 bits per heavy atom. The molecule has 1 aliphatic heterocycles. The van der Waals surface area contributed by atoms with Crippen molar-refractivity contribution in [2.45, 2.75) is 77.0 Å². The fourth-order valence-corrected chi connectivity index (χ4v) is 4.50. The quantitative estimate of drug-likeness (QED) is 0.504. The highest BCUT2D eigenvalue weighted by molar-refractivity contribution is 5.53. The van der Waals surface area contributed by atoms with E-state index >= 15 is 0 Å². The monoisotopic (exact) mass is 358 g/mol. The van der Waals surface area contributed by atoms with Crippen LogP contribution in [0, 0.1) is 5.92 Å². The van der Waals surface area contributed by atoms with Crippen molar-refractivity contribution in [3.63, 3.8) is 0 Å². The Morgan fingerprint density at radius 2 is 2.00 bits per heavy atom. The molecule has 0 unspecified atom stereocenters. The summed E-state index contributed by atoms with van der Waals surface area (Å²) in [6.45, 7) is 7.58. The van der Waals surface area contributed by atoms with E-state index < -0.39 is 0 Å². The molecule has 0 amide bonds. The Balaban J connectivity index is 1.83. The number of fused-ring (bicyclic) bond motifs is 3. The van der Waals surface area contributed by atoms with Gasteiger partial charge in [0.05, 0.1) is 13.2 Å². The van der Waals surface area contributed by atoms with E-state index in [2.05, 4.69) is 32.9 Å². The molecule has 144 valence electrons. The number of ether oxygens (including phenoxy) is 1. The first-order chi connectivity index (χ1) is 12.5. The van der Waals surface area contributed by atoms with E-state index in [9.17, 15) is 10.2 Å². The van der Waals surface area contributed by atoms with E-state index in [1.807, 2.05) is 6.07 Å². The lowest BCUT2D eigenvalue weighted by molar-refractivity contribution is 0.179. The van der Waals surface area contributed by atoms with Crippen molar-refractivity contribution in [3.05, 3.63) is 34.9 Å². The van der Waals surface area contributed by atoms with Crippen molar-refractivity contribution in [2.24, 2.45) is 5.92 Å². The number of phenols is 1. The molecular weight excluding hydrogens is 324 g/mol. The summed E-state index contributed by atoms with van der Waals surface area (Å²) in [6, 6.07) is 4.11. The first-order valence-corrected chi connectivity index (χ1v) is 10.2. The van der Waals surface area contributed by atoms with E-state index in [1.165, 1.54) is 25.7 Å². The fourth-order valence-electron chi connectivity index (χ4n) is 4.50. The Bertz CT molecular complexity index is 660. The smallest absolute Gasteiger partial charge is 0.126 e. The molecule has 2 atom stereocenters. The second-order valence-electron chi connectivity index (χ2n) is 8.74. The molecule has 0 fully saturated rings. The van der Waals surface area contributed by atoms with Gasteiger partial charge in [0.1, 0.15) is 11.5 Å². The molecule has 2 N–H and O–H groups in total. The Labute approximate surface area is 158 Å². The molecule has 3 rings (SSSR count). The third-order valence-corrected chi connectivity index (χ3v) is 6.34. The van der Waals surface area contributed by atoms with E-state index in [0.717, 1.165) is 41.7 Å². The van der Waals surface area contributed by atoms with Crippen LogP contribution in [0.2, 0.25) is 0 Å². The van der Waals surface area contributed by atoms with Gasteiger partial charge in [0.2, 0.25) is 0 Å². The van der Waals surface area contributed by atoms with Crippen LogP contribution in [0.15, 0.2) is 23.8 Å². The normalized spacial score (nSPS) is 22.2. The van der Waals surface area contributed by atoms with Gasteiger partial charge >= 0.3 is 0 Å². The van der Waals surface area contributed by atoms with Gasteiger partial charge in [-0.1, -0.05) is 52.5 Å². The third-order valence-electron chi connectivity index (χ3n) is 6.34. The zero-order valence-corrected chi connectivity index (χ0v) is 16.6. The lowest BCUT2D eigenvalue weighted by Gasteiger charge is -2.38. The molecular formula is C23H34O3. The van der Waals surface area contributed by atoms with E-state index in [-0.39, 0.29) is 17.9 Å². The number of hydrogen-bond acceptors (Lipinski definition) is 3. The first kappa shape index (κ1) is 19.3. The van der Waals surface area contributed by atoms with Gasteiger partial charge in [-0.15, -0.1) is 0 Å². The Morgan fingerprint density at radius 3 is 2.73 bits per heavy atom. The highest BCUT2D eigenvalue weighted by Gasteiger charge is 2.36. The molecule has 1 aliphatic carbocycles. The average Bonchev–Trinajstić information content (AvgIpc) is 2.64. The van der Waals surface area contributed by atoms with Gasteiger partial charge in [-0.2, -0.15) is 0 Å². The molecule has 0 radical (unpaired) electrons. The van der Waals surface area contributed by atoms with Crippen molar-refractivity contribution in [1.29, 1.82) is 0 Å². The number of hydrogen-bond donors (Lipinski definition) is 2. The first-order valence-electron chi connectivity index (χ1n) is 10.2. The number of benzene rings is 1. The van der Waals surface area contributed by atoms with Crippen LogP contribution in [0.1, 0.15) is 82.8 Å². The van der Waals surface area contributed by atoms with Crippen LogP contribution in [0.3, 0.4) is 0 Å². The Kier molecular flexibility index (Phi) is 5.96. The number of aliphatic hydroxyl groups is 1. The summed E-state index contributed by atoms with van der Waals surface area (Å²) >= 11 is 0. The summed E-state index contributed by atoms with van der Waals surface area (Å²) in [6.07, 6.45) is 10.0. The van der Waals surface area contributed by atoms with Gasteiger partial charge in [-0.25, -0.2) is 0 Å². The molecule has 2 aliphatic rings. The predicted octanol–water partition coefficient (Wildman–Crippen LogP) is 5.44. The highest BCUT2D eigenvalue weighted by atomic mass is 16.5. The van der Waals surface area contributed by atoms with E-state index in [0.29, 0.717) is 18.3 Å². The average molecular weight is 359 g/mol. The molecule has 3 nitrogen and oxygen atoms in total. The van der Waals surface area contributed by atoms with Crippen LogP contribution in [0.4, 0.5) is 0 Å². The molecule has 1 heterocycles. The topological polar surface area (TPSA) is 49.7 Å². The molecule has 0 spiro atoms. The van der Waals surface area contributed by atoms with Crippen molar-refractivity contribution in [2.75, 3.05) is 13.2 Å². The minimum absolute atomic E-state index is 0.0309. The maximum Gasteiger partial charge on any atom is 0.126 e. The van der Waals surface area contributed by atoms with Crippen molar-refractivity contribution < 1.29 is 14.9 Å². The number of aromatic hydroxyl groups is 1. The number of unbranched alkanes of at least 4 members (excludes halogenated alkanes) is 3. The summed E-state index contributed by atoms with van der Waals surface area (Å²) < 4.78 is 6.07.